The van der Waals surface area contributed by atoms with E-state index in [0.29, 0.717) is 25.9 Å². The number of hydrogen-bond acceptors (Lipinski definition) is 5. The summed E-state index contributed by atoms with van der Waals surface area (Å²) < 4.78 is 26.1. The van der Waals surface area contributed by atoms with Crippen molar-refractivity contribution >= 4 is 27.3 Å². The third kappa shape index (κ3) is 2.93. The molecule has 0 unspecified atom stereocenters. The zero-order chi connectivity index (χ0) is 14.9. The van der Waals surface area contributed by atoms with E-state index in [1.807, 2.05) is 0 Å². The molecule has 2 rings (SSSR count). The summed E-state index contributed by atoms with van der Waals surface area (Å²) in [7, 11) is -3.74. The van der Waals surface area contributed by atoms with Crippen LogP contribution >= 0.6 is 11.6 Å². The quantitative estimate of drug-likeness (QED) is 0.668. The molecule has 1 aliphatic rings. The van der Waals surface area contributed by atoms with Crippen molar-refractivity contribution in [3.8, 4) is 0 Å². The molecule has 0 aromatic heterocycles. The third-order valence-corrected chi connectivity index (χ3v) is 5.46. The largest absolute Gasteiger partial charge is 0.328 e. The van der Waals surface area contributed by atoms with E-state index in [1.54, 1.807) is 0 Å². The Morgan fingerprint density at radius 2 is 1.95 bits per heavy atom. The van der Waals surface area contributed by atoms with E-state index in [4.69, 9.17) is 17.3 Å². The minimum Gasteiger partial charge on any atom is -0.328 e. The average molecular weight is 320 g/mol. The number of nitro groups is 1. The number of piperidine rings is 1. The summed E-state index contributed by atoms with van der Waals surface area (Å²) >= 11 is 5.68. The number of nitrogens with two attached hydrogens (primary N) is 1. The van der Waals surface area contributed by atoms with Gasteiger partial charge in [-0.1, -0.05) is 11.6 Å². The van der Waals surface area contributed by atoms with Gasteiger partial charge in [0, 0.05) is 25.2 Å². The fourth-order valence-electron chi connectivity index (χ4n) is 2.06. The molecule has 0 amide bonds. The molecule has 0 aliphatic carbocycles. The third-order valence-electron chi connectivity index (χ3n) is 3.25. The molecule has 0 bridgehead atoms. The number of halogens is 1. The Kier molecular flexibility index (Phi) is 4.28. The van der Waals surface area contributed by atoms with Gasteiger partial charge in [-0.25, -0.2) is 8.42 Å². The van der Waals surface area contributed by atoms with Crippen LogP contribution in [0.5, 0.6) is 0 Å². The number of nitrogens with zero attached hydrogens (tertiary/aromatic N) is 2. The van der Waals surface area contributed by atoms with Crippen molar-refractivity contribution in [1.29, 1.82) is 0 Å². The van der Waals surface area contributed by atoms with Crippen LogP contribution in [0.15, 0.2) is 23.1 Å². The molecule has 1 aromatic carbocycles. The van der Waals surface area contributed by atoms with Crippen LogP contribution in [-0.2, 0) is 10.0 Å². The van der Waals surface area contributed by atoms with Crippen LogP contribution in [0.1, 0.15) is 12.8 Å². The second kappa shape index (κ2) is 5.65. The van der Waals surface area contributed by atoms with Crippen molar-refractivity contribution < 1.29 is 13.3 Å². The SMILES string of the molecule is NC1CCN(S(=O)(=O)c2ccc(Cl)c([N+](=O)[O-])c2)CC1. The molecule has 0 spiro atoms. The minimum absolute atomic E-state index is 0.000930. The standard InChI is InChI=1S/C11H14ClN3O4S/c12-10-2-1-9(7-11(10)15(16)17)20(18,19)14-5-3-8(13)4-6-14/h1-2,7-8H,3-6,13H2. The lowest BCUT2D eigenvalue weighted by atomic mass is 10.1. The van der Waals surface area contributed by atoms with E-state index in [9.17, 15) is 18.5 Å². The molecule has 9 heteroatoms. The molecule has 2 N–H and O–H groups in total. The Morgan fingerprint density at radius 3 is 2.50 bits per heavy atom. The Labute approximate surface area is 121 Å². The van der Waals surface area contributed by atoms with E-state index in [0.717, 1.165) is 6.07 Å². The lowest BCUT2D eigenvalue weighted by molar-refractivity contribution is -0.384. The van der Waals surface area contributed by atoms with E-state index >= 15 is 0 Å². The fourth-order valence-corrected chi connectivity index (χ4v) is 3.73. The highest BCUT2D eigenvalue weighted by Gasteiger charge is 2.29. The highest BCUT2D eigenvalue weighted by molar-refractivity contribution is 7.89. The first-order valence-electron chi connectivity index (χ1n) is 6.02. The highest BCUT2D eigenvalue weighted by atomic mass is 35.5. The number of benzene rings is 1. The average Bonchev–Trinajstić information content (AvgIpc) is 2.39. The number of sulfonamides is 1. The van der Waals surface area contributed by atoms with Crippen molar-refractivity contribution in [3.63, 3.8) is 0 Å². The van der Waals surface area contributed by atoms with Gasteiger partial charge < -0.3 is 5.73 Å². The van der Waals surface area contributed by atoms with Gasteiger partial charge in [0.05, 0.1) is 9.82 Å². The number of nitro benzene ring substituents is 1. The number of hydrogen-bond donors (Lipinski definition) is 1. The molecule has 20 heavy (non-hydrogen) atoms. The van der Waals surface area contributed by atoms with Gasteiger partial charge in [-0.3, -0.25) is 10.1 Å². The lowest BCUT2D eigenvalue weighted by Crippen LogP contribution is -2.42. The maximum atomic E-state index is 12.4. The maximum Gasteiger partial charge on any atom is 0.289 e. The Balaban J connectivity index is 2.35. The summed E-state index contributed by atoms with van der Waals surface area (Å²) in [4.78, 5) is 9.99. The molecule has 1 fully saturated rings. The molecule has 1 aliphatic heterocycles. The first-order chi connectivity index (χ1) is 9.32. The molecular weight excluding hydrogens is 306 g/mol. The van der Waals surface area contributed by atoms with E-state index < -0.39 is 20.6 Å². The van der Waals surface area contributed by atoms with E-state index in [-0.39, 0.29) is 16.0 Å². The predicted molar refractivity (Wildman–Crippen MR) is 74.1 cm³/mol. The first-order valence-corrected chi connectivity index (χ1v) is 7.84. The highest BCUT2D eigenvalue weighted by Crippen LogP contribution is 2.29. The van der Waals surface area contributed by atoms with Gasteiger partial charge in [0.15, 0.2) is 0 Å². The zero-order valence-electron chi connectivity index (χ0n) is 10.5. The molecule has 0 atom stereocenters. The van der Waals surface area contributed by atoms with Gasteiger partial charge in [-0.05, 0) is 25.0 Å². The van der Waals surface area contributed by atoms with Crippen LogP contribution in [-0.4, -0.2) is 36.8 Å². The van der Waals surface area contributed by atoms with Crippen molar-refractivity contribution in [2.75, 3.05) is 13.1 Å². The smallest absolute Gasteiger partial charge is 0.289 e. The molecule has 7 nitrogen and oxygen atoms in total. The van der Waals surface area contributed by atoms with Gasteiger partial charge in [0.1, 0.15) is 5.02 Å². The normalized spacial score (nSPS) is 18.1. The van der Waals surface area contributed by atoms with Gasteiger partial charge in [0.25, 0.3) is 5.69 Å². The molecule has 110 valence electrons. The molecule has 0 saturated carbocycles. The molecule has 1 heterocycles. The van der Waals surface area contributed by atoms with E-state index in [1.165, 1.54) is 16.4 Å². The molecule has 1 aromatic rings. The molecular formula is C11H14ClN3O4S. The number of rotatable bonds is 3. The minimum atomic E-state index is -3.74. The van der Waals surface area contributed by atoms with E-state index in [2.05, 4.69) is 0 Å². The van der Waals surface area contributed by atoms with Crippen LogP contribution in [0.25, 0.3) is 0 Å². The summed E-state index contributed by atoms with van der Waals surface area (Å²) in [5, 5.41) is 10.7. The van der Waals surface area contributed by atoms with Crippen molar-refractivity contribution in [3.05, 3.63) is 33.3 Å². The van der Waals surface area contributed by atoms with Crippen LogP contribution in [0.2, 0.25) is 5.02 Å². The van der Waals surface area contributed by atoms with Gasteiger partial charge in [-0.15, -0.1) is 0 Å². The second-order valence-electron chi connectivity index (χ2n) is 4.61. The van der Waals surface area contributed by atoms with Gasteiger partial charge in [0.2, 0.25) is 10.0 Å². The second-order valence-corrected chi connectivity index (χ2v) is 6.96. The Morgan fingerprint density at radius 1 is 1.35 bits per heavy atom. The monoisotopic (exact) mass is 319 g/mol. The van der Waals surface area contributed by atoms with Crippen molar-refractivity contribution in [1.82, 2.24) is 4.31 Å². The first kappa shape index (κ1) is 15.2. The molecule has 1 saturated heterocycles. The Hall–Kier alpha value is -1.22. The summed E-state index contributed by atoms with van der Waals surface area (Å²) in [6.07, 6.45) is 1.16. The van der Waals surface area contributed by atoms with Crippen LogP contribution < -0.4 is 5.73 Å². The summed E-state index contributed by atoms with van der Waals surface area (Å²) in [5.41, 5.74) is 5.32. The topological polar surface area (TPSA) is 107 Å². The summed E-state index contributed by atoms with van der Waals surface area (Å²) in [6, 6.07) is 3.49. The van der Waals surface area contributed by atoms with Crippen molar-refractivity contribution in [2.45, 2.75) is 23.8 Å². The summed E-state index contributed by atoms with van der Waals surface area (Å²) in [6.45, 7) is 0.639. The van der Waals surface area contributed by atoms with Crippen molar-refractivity contribution in [2.24, 2.45) is 5.73 Å². The van der Waals surface area contributed by atoms with Crippen LogP contribution in [0, 0.1) is 10.1 Å². The van der Waals surface area contributed by atoms with Gasteiger partial charge in [-0.2, -0.15) is 4.31 Å². The molecule has 0 radical (unpaired) electrons. The summed E-state index contributed by atoms with van der Waals surface area (Å²) in [5.74, 6) is 0. The maximum absolute atomic E-state index is 12.4. The van der Waals surface area contributed by atoms with Crippen LogP contribution in [0.3, 0.4) is 0 Å². The Bertz CT molecular complexity index is 627. The lowest BCUT2D eigenvalue weighted by Gasteiger charge is -2.29. The fraction of sp³-hybridized carbons (Fsp3) is 0.455. The predicted octanol–water partition coefficient (Wildman–Crippen LogP) is 1.36. The van der Waals surface area contributed by atoms with Crippen LogP contribution in [0.4, 0.5) is 5.69 Å². The zero-order valence-corrected chi connectivity index (χ0v) is 12.1. The van der Waals surface area contributed by atoms with Gasteiger partial charge >= 0.3 is 0 Å².